The van der Waals surface area contributed by atoms with Gasteiger partial charge in [0.15, 0.2) is 0 Å². The molecule has 2 rings (SSSR count). The van der Waals surface area contributed by atoms with Gasteiger partial charge in [0.2, 0.25) is 10.0 Å². The minimum atomic E-state index is -3.57. The Morgan fingerprint density at radius 1 is 1.32 bits per heavy atom. The second-order valence-corrected chi connectivity index (χ2v) is 7.69. The number of benzene rings is 1. The van der Waals surface area contributed by atoms with Gasteiger partial charge >= 0.3 is 0 Å². The molecule has 1 aromatic rings. The summed E-state index contributed by atoms with van der Waals surface area (Å²) in [7, 11) is -3.57. The lowest BCUT2D eigenvalue weighted by molar-refractivity contribution is 0.258. The van der Waals surface area contributed by atoms with E-state index < -0.39 is 15.8 Å². The Labute approximate surface area is 138 Å². The monoisotopic (exact) mass is 350 g/mol. The Balaban J connectivity index is 0.00000242. The van der Waals surface area contributed by atoms with E-state index in [4.69, 9.17) is 5.73 Å². The molecule has 1 heterocycles. The molecule has 7 heteroatoms. The third kappa shape index (κ3) is 3.98. The second kappa shape index (κ2) is 7.73. The van der Waals surface area contributed by atoms with Crippen molar-refractivity contribution < 1.29 is 12.8 Å². The number of nitrogens with two attached hydrogens (primary N) is 1. The zero-order valence-corrected chi connectivity index (χ0v) is 14.6. The predicted molar refractivity (Wildman–Crippen MR) is 88.3 cm³/mol. The van der Waals surface area contributed by atoms with Gasteiger partial charge in [-0.25, -0.2) is 12.8 Å². The lowest BCUT2D eigenvalue weighted by Gasteiger charge is -2.32. The summed E-state index contributed by atoms with van der Waals surface area (Å²) in [6, 6.07) is 2.56. The lowest BCUT2D eigenvalue weighted by atomic mass is 9.96. The Morgan fingerprint density at radius 3 is 2.45 bits per heavy atom. The molecule has 0 aliphatic carbocycles. The van der Waals surface area contributed by atoms with Crippen LogP contribution in [0.2, 0.25) is 0 Å². The fourth-order valence-electron chi connectivity index (χ4n) is 3.15. The minimum absolute atomic E-state index is 0. The maximum absolute atomic E-state index is 13.4. The number of piperidine rings is 1. The molecule has 4 nitrogen and oxygen atoms in total. The summed E-state index contributed by atoms with van der Waals surface area (Å²) in [4.78, 5) is 0.247. The number of rotatable bonds is 4. The van der Waals surface area contributed by atoms with Crippen molar-refractivity contribution in [3.05, 3.63) is 29.1 Å². The van der Waals surface area contributed by atoms with Crippen LogP contribution in [-0.2, 0) is 10.0 Å². The first-order valence-corrected chi connectivity index (χ1v) is 8.77. The molecule has 0 saturated carbocycles. The molecule has 1 aliphatic rings. The van der Waals surface area contributed by atoms with Crippen LogP contribution in [0.4, 0.5) is 4.39 Å². The van der Waals surface area contributed by atoms with Crippen molar-refractivity contribution >= 4 is 22.4 Å². The van der Waals surface area contributed by atoms with Gasteiger partial charge in [0, 0.05) is 13.1 Å². The molecular formula is C15H24ClFN2O2S. The van der Waals surface area contributed by atoms with Crippen LogP contribution in [0.15, 0.2) is 17.0 Å². The van der Waals surface area contributed by atoms with Gasteiger partial charge in [-0.15, -0.1) is 12.4 Å². The molecule has 126 valence electrons. The zero-order chi connectivity index (χ0) is 15.6. The van der Waals surface area contributed by atoms with Gasteiger partial charge in [0.1, 0.15) is 5.82 Å². The highest BCUT2D eigenvalue weighted by Gasteiger charge is 2.32. The van der Waals surface area contributed by atoms with Gasteiger partial charge in [0.25, 0.3) is 0 Å². The van der Waals surface area contributed by atoms with E-state index in [1.165, 1.54) is 16.4 Å². The number of sulfonamides is 1. The minimum Gasteiger partial charge on any atom is -0.330 e. The topological polar surface area (TPSA) is 63.4 Å². The third-order valence-corrected chi connectivity index (χ3v) is 6.25. The van der Waals surface area contributed by atoms with E-state index in [2.05, 4.69) is 0 Å². The van der Waals surface area contributed by atoms with Crippen molar-refractivity contribution in [2.45, 2.75) is 38.0 Å². The summed E-state index contributed by atoms with van der Waals surface area (Å²) in [5, 5.41) is 0. The van der Waals surface area contributed by atoms with Crippen LogP contribution in [0.3, 0.4) is 0 Å². The zero-order valence-electron chi connectivity index (χ0n) is 13.0. The average Bonchev–Trinajstić information content (AvgIpc) is 2.37. The van der Waals surface area contributed by atoms with Crippen LogP contribution in [0.5, 0.6) is 0 Å². The van der Waals surface area contributed by atoms with E-state index in [0.29, 0.717) is 36.7 Å². The Morgan fingerprint density at radius 2 is 1.91 bits per heavy atom. The summed E-state index contributed by atoms with van der Waals surface area (Å²) in [5.41, 5.74) is 6.51. The highest BCUT2D eigenvalue weighted by atomic mass is 35.5. The largest absolute Gasteiger partial charge is 0.330 e. The molecule has 1 saturated heterocycles. The SMILES string of the molecule is Cc1cc(F)cc(C)c1S(=O)(=O)N1CCCC(CCN)C1.Cl. The molecule has 0 aromatic heterocycles. The Bertz CT molecular complexity index is 597. The summed E-state index contributed by atoms with van der Waals surface area (Å²) in [6.07, 6.45) is 2.71. The fraction of sp³-hybridized carbons (Fsp3) is 0.600. The number of hydrogen-bond donors (Lipinski definition) is 1. The fourth-order valence-corrected chi connectivity index (χ4v) is 5.12. The van der Waals surface area contributed by atoms with E-state index in [1.807, 2.05) is 0 Å². The van der Waals surface area contributed by atoms with Crippen molar-refractivity contribution in [1.29, 1.82) is 0 Å². The predicted octanol–water partition coefficient (Wildman–Crippen LogP) is 2.61. The molecule has 0 radical (unpaired) electrons. The van der Waals surface area contributed by atoms with Gasteiger partial charge in [-0.05, 0) is 68.8 Å². The van der Waals surface area contributed by atoms with Crippen LogP contribution >= 0.6 is 12.4 Å². The molecule has 0 spiro atoms. The number of aryl methyl sites for hydroxylation is 2. The molecule has 0 amide bonds. The van der Waals surface area contributed by atoms with Crippen LogP contribution < -0.4 is 5.73 Å². The van der Waals surface area contributed by atoms with Crippen LogP contribution in [0, 0.1) is 25.6 Å². The smallest absolute Gasteiger partial charge is 0.243 e. The van der Waals surface area contributed by atoms with Crippen molar-refractivity contribution in [2.24, 2.45) is 11.7 Å². The lowest BCUT2D eigenvalue weighted by Crippen LogP contribution is -2.40. The van der Waals surface area contributed by atoms with Crippen LogP contribution in [0.1, 0.15) is 30.4 Å². The normalized spacial score (nSPS) is 19.7. The first-order chi connectivity index (χ1) is 9.86. The molecule has 1 aromatic carbocycles. The first-order valence-electron chi connectivity index (χ1n) is 7.33. The van der Waals surface area contributed by atoms with Crippen molar-refractivity contribution in [2.75, 3.05) is 19.6 Å². The molecular weight excluding hydrogens is 327 g/mol. The van der Waals surface area contributed by atoms with E-state index in [9.17, 15) is 12.8 Å². The van der Waals surface area contributed by atoms with Crippen LogP contribution in [0.25, 0.3) is 0 Å². The summed E-state index contributed by atoms with van der Waals surface area (Å²) in [6.45, 7) is 4.90. The van der Waals surface area contributed by atoms with Crippen molar-refractivity contribution in [3.63, 3.8) is 0 Å². The number of halogens is 2. The van der Waals surface area contributed by atoms with E-state index in [1.54, 1.807) is 13.8 Å². The number of nitrogens with zero attached hydrogens (tertiary/aromatic N) is 1. The van der Waals surface area contributed by atoms with Gasteiger partial charge in [0.05, 0.1) is 4.90 Å². The highest BCUT2D eigenvalue weighted by molar-refractivity contribution is 7.89. The molecule has 1 unspecified atom stereocenters. The van der Waals surface area contributed by atoms with Gasteiger partial charge in [-0.1, -0.05) is 0 Å². The van der Waals surface area contributed by atoms with Gasteiger partial charge in [-0.2, -0.15) is 4.31 Å². The van der Waals surface area contributed by atoms with Gasteiger partial charge < -0.3 is 5.73 Å². The molecule has 1 atom stereocenters. The Hall–Kier alpha value is -0.690. The Kier molecular flexibility index (Phi) is 6.80. The van der Waals surface area contributed by atoms with E-state index in [0.717, 1.165) is 19.3 Å². The highest BCUT2D eigenvalue weighted by Crippen LogP contribution is 2.29. The molecule has 0 bridgehead atoms. The van der Waals surface area contributed by atoms with Crippen molar-refractivity contribution in [1.82, 2.24) is 4.31 Å². The maximum atomic E-state index is 13.4. The quantitative estimate of drug-likeness (QED) is 0.907. The van der Waals surface area contributed by atoms with Gasteiger partial charge in [-0.3, -0.25) is 0 Å². The van der Waals surface area contributed by atoms with E-state index >= 15 is 0 Å². The standard InChI is InChI=1S/C15H23FN2O2S.ClH/c1-11-8-14(16)9-12(2)15(11)21(19,20)18-7-3-4-13(10-18)5-6-17;/h8-9,13H,3-7,10,17H2,1-2H3;1H. The molecule has 1 aliphatic heterocycles. The first kappa shape index (κ1) is 19.4. The number of hydrogen-bond acceptors (Lipinski definition) is 3. The average molecular weight is 351 g/mol. The maximum Gasteiger partial charge on any atom is 0.243 e. The van der Waals surface area contributed by atoms with Crippen LogP contribution in [-0.4, -0.2) is 32.4 Å². The van der Waals surface area contributed by atoms with Crippen molar-refractivity contribution in [3.8, 4) is 0 Å². The molecule has 22 heavy (non-hydrogen) atoms. The summed E-state index contributed by atoms with van der Waals surface area (Å²) >= 11 is 0. The molecule has 1 fully saturated rings. The summed E-state index contributed by atoms with van der Waals surface area (Å²) < 4.78 is 40.6. The molecule has 2 N–H and O–H groups in total. The summed E-state index contributed by atoms with van der Waals surface area (Å²) in [5.74, 6) is -0.0804. The van der Waals surface area contributed by atoms with E-state index in [-0.39, 0.29) is 17.3 Å². The second-order valence-electron chi connectivity index (χ2n) is 5.82. The third-order valence-electron chi connectivity index (χ3n) is 4.08.